The van der Waals surface area contributed by atoms with Crippen molar-refractivity contribution in [1.29, 1.82) is 0 Å². The molecule has 4 N–H and O–H groups in total. The van der Waals surface area contributed by atoms with Crippen LogP contribution in [0.4, 0.5) is 0 Å². The fraction of sp³-hybridized carbons (Fsp3) is 0.800. The van der Waals surface area contributed by atoms with E-state index in [1.807, 2.05) is 0 Å². The first-order valence-corrected chi connectivity index (χ1v) is 5.40. The Labute approximate surface area is 84.5 Å². The zero-order valence-electron chi connectivity index (χ0n) is 8.45. The third kappa shape index (κ3) is 2.47. The number of nitrogens with zero attached hydrogens (tertiary/aromatic N) is 2. The Morgan fingerprint density at radius 1 is 1.14 bits per heavy atom. The molecule has 78 valence electrons. The number of rotatable bonds is 2. The van der Waals surface area contributed by atoms with Gasteiger partial charge in [0.2, 0.25) is 5.96 Å². The molecule has 0 aromatic carbocycles. The summed E-state index contributed by atoms with van der Waals surface area (Å²) < 4.78 is 0. The highest BCUT2D eigenvalue weighted by Gasteiger charge is 2.33. The Morgan fingerprint density at radius 3 is 2.57 bits per heavy atom. The highest BCUT2D eigenvalue weighted by Crippen LogP contribution is 2.43. The topological polar surface area (TPSA) is 76.8 Å². The molecule has 0 amide bonds. The molecule has 0 aromatic rings. The lowest BCUT2D eigenvalue weighted by molar-refractivity contribution is 0.408. The van der Waals surface area contributed by atoms with Crippen LogP contribution in [0.1, 0.15) is 38.5 Å². The Morgan fingerprint density at radius 2 is 1.93 bits per heavy atom. The van der Waals surface area contributed by atoms with E-state index in [-0.39, 0.29) is 5.96 Å². The first-order chi connectivity index (χ1) is 6.75. The Balaban J connectivity index is 1.92. The predicted octanol–water partition coefficient (Wildman–Crippen LogP) is 1.22. The molecule has 0 bridgehead atoms. The minimum absolute atomic E-state index is 0.0612. The van der Waals surface area contributed by atoms with Gasteiger partial charge < -0.3 is 11.5 Å². The molecule has 0 spiro atoms. The maximum Gasteiger partial charge on any atom is 0.211 e. The van der Waals surface area contributed by atoms with Gasteiger partial charge in [-0.15, -0.1) is 5.10 Å². The van der Waals surface area contributed by atoms with E-state index in [9.17, 15) is 0 Å². The molecular weight excluding hydrogens is 176 g/mol. The standard InChI is InChI=1S/C10H18N4/c11-10(12)14-13-9-3-1-2-8(6-9)7-4-5-7/h7-8H,1-6H2,(H4,11,12,14). The van der Waals surface area contributed by atoms with Gasteiger partial charge in [0.05, 0.1) is 0 Å². The lowest BCUT2D eigenvalue weighted by Crippen LogP contribution is -2.22. The Kier molecular flexibility index (Phi) is 2.70. The second kappa shape index (κ2) is 3.98. The van der Waals surface area contributed by atoms with Crippen molar-refractivity contribution in [1.82, 2.24) is 0 Å². The van der Waals surface area contributed by atoms with Crippen LogP contribution < -0.4 is 11.5 Å². The van der Waals surface area contributed by atoms with Gasteiger partial charge in [-0.25, -0.2) is 0 Å². The molecule has 0 aromatic heterocycles. The molecular formula is C10H18N4. The SMILES string of the molecule is NC(N)=NN=C1CCCC(C2CC2)C1. The van der Waals surface area contributed by atoms with Crippen LogP contribution in [-0.2, 0) is 0 Å². The van der Waals surface area contributed by atoms with Crippen LogP contribution in [0.2, 0.25) is 0 Å². The van der Waals surface area contributed by atoms with Gasteiger partial charge in [0, 0.05) is 5.71 Å². The summed E-state index contributed by atoms with van der Waals surface area (Å²) in [6.07, 6.45) is 7.63. The van der Waals surface area contributed by atoms with Crippen molar-refractivity contribution < 1.29 is 0 Å². The second-order valence-electron chi connectivity index (χ2n) is 4.38. The summed E-state index contributed by atoms with van der Waals surface area (Å²) in [5, 5.41) is 7.82. The van der Waals surface area contributed by atoms with E-state index < -0.39 is 0 Å². The molecule has 2 rings (SSSR count). The van der Waals surface area contributed by atoms with E-state index in [4.69, 9.17) is 11.5 Å². The van der Waals surface area contributed by atoms with Crippen molar-refractivity contribution >= 4 is 11.7 Å². The molecule has 2 aliphatic rings. The van der Waals surface area contributed by atoms with Crippen molar-refractivity contribution in [2.24, 2.45) is 33.5 Å². The fourth-order valence-electron chi connectivity index (χ4n) is 2.26. The van der Waals surface area contributed by atoms with Crippen LogP contribution in [-0.4, -0.2) is 11.7 Å². The lowest BCUT2D eigenvalue weighted by Gasteiger charge is -2.22. The third-order valence-electron chi connectivity index (χ3n) is 3.13. The lowest BCUT2D eigenvalue weighted by atomic mass is 9.84. The van der Waals surface area contributed by atoms with E-state index in [0.717, 1.165) is 24.7 Å². The smallest absolute Gasteiger partial charge is 0.211 e. The van der Waals surface area contributed by atoms with Crippen molar-refractivity contribution in [3.05, 3.63) is 0 Å². The largest absolute Gasteiger partial charge is 0.369 e. The van der Waals surface area contributed by atoms with Gasteiger partial charge >= 0.3 is 0 Å². The highest BCUT2D eigenvalue weighted by molar-refractivity contribution is 5.86. The van der Waals surface area contributed by atoms with Crippen LogP contribution in [0.5, 0.6) is 0 Å². The summed E-state index contributed by atoms with van der Waals surface area (Å²) in [5.41, 5.74) is 11.7. The summed E-state index contributed by atoms with van der Waals surface area (Å²) in [7, 11) is 0. The molecule has 1 unspecified atom stereocenters. The first kappa shape index (κ1) is 9.49. The zero-order chi connectivity index (χ0) is 9.97. The van der Waals surface area contributed by atoms with Gasteiger partial charge in [-0.05, 0) is 50.4 Å². The van der Waals surface area contributed by atoms with Crippen LogP contribution in [0.3, 0.4) is 0 Å². The Bertz CT molecular complexity index is 261. The average Bonchev–Trinajstić information content (AvgIpc) is 2.98. The molecule has 2 fully saturated rings. The quantitative estimate of drug-likeness (QED) is 0.394. The average molecular weight is 194 g/mol. The van der Waals surface area contributed by atoms with Gasteiger partial charge in [-0.3, -0.25) is 0 Å². The summed E-state index contributed by atoms with van der Waals surface area (Å²) in [5.74, 6) is 1.89. The molecule has 0 radical (unpaired) electrons. The number of nitrogens with two attached hydrogens (primary N) is 2. The minimum atomic E-state index is 0.0612. The van der Waals surface area contributed by atoms with Gasteiger partial charge in [-0.2, -0.15) is 5.10 Å². The summed E-state index contributed by atoms with van der Waals surface area (Å²) >= 11 is 0. The molecule has 4 heteroatoms. The van der Waals surface area contributed by atoms with E-state index in [1.165, 1.54) is 31.4 Å². The molecule has 14 heavy (non-hydrogen) atoms. The number of hydrogen-bond donors (Lipinski definition) is 2. The number of hydrogen-bond acceptors (Lipinski definition) is 2. The monoisotopic (exact) mass is 194 g/mol. The summed E-state index contributed by atoms with van der Waals surface area (Å²) in [4.78, 5) is 0. The zero-order valence-corrected chi connectivity index (χ0v) is 8.45. The first-order valence-electron chi connectivity index (χ1n) is 5.40. The van der Waals surface area contributed by atoms with E-state index in [0.29, 0.717) is 0 Å². The maximum atomic E-state index is 5.24. The molecule has 1 atom stereocenters. The predicted molar refractivity (Wildman–Crippen MR) is 57.9 cm³/mol. The molecule has 0 aliphatic heterocycles. The summed E-state index contributed by atoms with van der Waals surface area (Å²) in [6, 6.07) is 0. The second-order valence-corrected chi connectivity index (χ2v) is 4.38. The van der Waals surface area contributed by atoms with Crippen molar-refractivity contribution in [3.8, 4) is 0 Å². The van der Waals surface area contributed by atoms with Crippen molar-refractivity contribution in [2.45, 2.75) is 38.5 Å². The Hall–Kier alpha value is -1.06. The normalized spacial score (nSPS) is 30.3. The van der Waals surface area contributed by atoms with Crippen molar-refractivity contribution in [2.75, 3.05) is 0 Å². The van der Waals surface area contributed by atoms with E-state index in [1.54, 1.807) is 0 Å². The fourth-order valence-corrected chi connectivity index (χ4v) is 2.26. The van der Waals surface area contributed by atoms with Gasteiger partial charge in [-0.1, -0.05) is 0 Å². The molecule has 2 saturated carbocycles. The van der Waals surface area contributed by atoms with Crippen molar-refractivity contribution in [3.63, 3.8) is 0 Å². The highest BCUT2D eigenvalue weighted by atomic mass is 15.3. The van der Waals surface area contributed by atoms with Gasteiger partial charge in [0.15, 0.2) is 0 Å². The molecule has 2 aliphatic carbocycles. The van der Waals surface area contributed by atoms with Gasteiger partial charge in [0.1, 0.15) is 0 Å². The van der Waals surface area contributed by atoms with Gasteiger partial charge in [0.25, 0.3) is 0 Å². The van der Waals surface area contributed by atoms with E-state index >= 15 is 0 Å². The minimum Gasteiger partial charge on any atom is -0.369 e. The maximum absolute atomic E-state index is 5.24. The number of guanidine groups is 1. The molecule has 0 saturated heterocycles. The third-order valence-corrected chi connectivity index (χ3v) is 3.13. The van der Waals surface area contributed by atoms with E-state index in [2.05, 4.69) is 10.2 Å². The van der Waals surface area contributed by atoms with Crippen LogP contribution in [0.25, 0.3) is 0 Å². The van der Waals surface area contributed by atoms with Crippen LogP contribution >= 0.6 is 0 Å². The molecule has 0 heterocycles. The molecule has 4 nitrogen and oxygen atoms in total. The van der Waals surface area contributed by atoms with Crippen LogP contribution in [0.15, 0.2) is 10.2 Å². The summed E-state index contributed by atoms with van der Waals surface area (Å²) in [6.45, 7) is 0. The van der Waals surface area contributed by atoms with Crippen LogP contribution in [0, 0.1) is 11.8 Å².